The van der Waals surface area contributed by atoms with E-state index in [1.54, 1.807) is 22.7 Å². The molecule has 1 aromatic carbocycles. The van der Waals surface area contributed by atoms with Gasteiger partial charge in [-0.05, 0) is 48.7 Å². The minimum absolute atomic E-state index is 0.785. The lowest BCUT2D eigenvalue weighted by molar-refractivity contribution is 0.473. The van der Waals surface area contributed by atoms with E-state index >= 15 is 0 Å². The van der Waals surface area contributed by atoms with Crippen molar-refractivity contribution >= 4 is 22.7 Å². The summed E-state index contributed by atoms with van der Waals surface area (Å²) in [6.45, 7) is 2.06. The van der Waals surface area contributed by atoms with Crippen LogP contribution < -0.4 is 9.47 Å². The minimum Gasteiger partial charge on any atom is -0.447 e. The Morgan fingerprint density at radius 1 is 0.842 bits per heavy atom. The van der Waals surface area contributed by atoms with Crippen molar-refractivity contribution in [2.24, 2.45) is 0 Å². The molecule has 3 rings (SSSR count). The third-order valence-electron chi connectivity index (χ3n) is 2.45. The van der Waals surface area contributed by atoms with Gasteiger partial charge in [0.1, 0.15) is 11.5 Å². The molecule has 19 heavy (non-hydrogen) atoms. The summed E-state index contributed by atoms with van der Waals surface area (Å²) in [6.07, 6.45) is 0. The Labute approximate surface area is 119 Å². The van der Waals surface area contributed by atoms with Gasteiger partial charge in [0.25, 0.3) is 0 Å². The van der Waals surface area contributed by atoms with E-state index in [4.69, 9.17) is 9.47 Å². The summed E-state index contributed by atoms with van der Waals surface area (Å²) >= 11 is 3.20. The Kier molecular flexibility index (Phi) is 3.53. The van der Waals surface area contributed by atoms with Crippen molar-refractivity contribution in [1.29, 1.82) is 0 Å². The van der Waals surface area contributed by atoms with Crippen molar-refractivity contribution in [3.05, 3.63) is 58.8 Å². The molecule has 0 aliphatic carbocycles. The van der Waals surface area contributed by atoms with E-state index in [9.17, 15) is 0 Å². The van der Waals surface area contributed by atoms with Crippen molar-refractivity contribution in [3.8, 4) is 21.6 Å². The summed E-state index contributed by atoms with van der Waals surface area (Å²) in [5.41, 5.74) is 0. The predicted molar refractivity (Wildman–Crippen MR) is 80.0 cm³/mol. The molecule has 0 saturated heterocycles. The Balaban J connectivity index is 1.76. The van der Waals surface area contributed by atoms with Crippen molar-refractivity contribution < 1.29 is 9.47 Å². The molecule has 0 spiro atoms. The fourth-order valence-corrected chi connectivity index (χ4v) is 2.94. The standard InChI is InChI=1S/C15H12O2S2/c1-11-7-8-15(19-11)17-13-5-2-4-12(10-13)16-14-6-3-9-18-14/h2-10H,1H3. The highest BCUT2D eigenvalue weighted by Crippen LogP contribution is 2.32. The zero-order chi connectivity index (χ0) is 13.1. The van der Waals surface area contributed by atoms with Crippen LogP contribution in [0.1, 0.15) is 4.88 Å². The van der Waals surface area contributed by atoms with E-state index < -0.39 is 0 Å². The van der Waals surface area contributed by atoms with Crippen LogP contribution in [0.2, 0.25) is 0 Å². The van der Waals surface area contributed by atoms with Gasteiger partial charge in [-0.3, -0.25) is 0 Å². The van der Waals surface area contributed by atoms with Crippen LogP contribution in [0, 0.1) is 6.92 Å². The number of ether oxygens (including phenoxy) is 2. The molecule has 0 bridgehead atoms. The Hall–Kier alpha value is -1.78. The minimum atomic E-state index is 0.785. The van der Waals surface area contributed by atoms with Crippen LogP contribution in [-0.4, -0.2) is 0 Å². The third-order valence-corrected chi connectivity index (χ3v) is 4.08. The van der Waals surface area contributed by atoms with Crippen LogP contribution in [-0.2, 0) is 0 Å². The van der Waals surface area contributed by atoms with Gasteiger partial charge in [0.05, 0.1) is 0 Å². The Morgan fingerprint density at radius 3 is 2.26 bits per heavy atom. The van der Waals surface area contributed by atoms with Crippen LogP contribution >= 0.6 is 22.7 Å². The van der Waals surface area contributed by atoms with Crippen LogP contribution in [0.5, 0.6) is 21.6 Å². The number of thiophene rings is 2. The summed E-state index contributed by atoms with van der Waals surface area (Å²) in [5, 5.41) is 3.76. The molecule has 0 atom stereocenters. The van der Waals surface area contributed by atoms with Crippen molar-refractivity contribution in [2.45, 2.75) is 6.92 Å². The monoisotopic (exact) mass is 288 g/mol. The molecule has 2 nitrogen and oxygen atoms in total. The van der Waals surface area contributed by atoms with E-state index in [1.165, 1.54) is 4.88 Å². The van der Waals surface area contributed by atoms with Crippen LogP contribution in [0.25, 0.3) is 0 Å². The molecule has 0 saturated carbocycles. The maximum Gasteiger partial charge on any atom is 0.181 e. The van der Waals surface area contributed by atoms with E-state index in [-0.39, 0.29) is 0 Å². The molecule has 2 heterocycles. The predicted octanol–water partition coefficient (Wildman–Crippen LogP) is 5.70. The number of hydrogen-bond donors (Lipinski definition) is 0. The quantitative estimate of drug-likeness (QED) is 0.613. The zero-order valence-corrected chi connectivity index (χ0v) is 12.0. The first kappa shape index (κ1) is 12.3. The lowest BCUT2D eigenvalue weighted by atomic mass is 10.3. The topological polar surface area (TPSA) is 18.5 Å². The van der Waals surface area contributed by atoms with E-state index in [0.29, 0.717) is 0 Å². The average molecular weight is 288 g/mol. The summed E-state index contributed by atoms with van der Waals surface area (Å²) in [7, 11) is 0. The zero-order valence-electron chi connectivity index (χ0n) is 10.3. The molecule has 4 heteroatoms. The highest BCUT2D eigenvalue weighted by molar-refractivity contribution is 7.13. The van der Waals surface area contributed by atoms with Gasteiger partial charge in [-0.25, -0.2) is 0 Å². The molecule has 0 N–H and O–H groups in total. The fourth-order valence-electron chi connectivity index (χ4n) is 1.62. The van der Waals surface area contributed by atoms with Crippen molar-refractivity contribution in [3.63, 3.8) is 0 Å². The largest absolute Gasteiger partial charge is 0.447 e. The molecule has 3 aromatic rings. The third kappa shape index (κ3) is 3.16. The second-order valence-electron chi connectivity index (χ2n) is 3.98. The maximum atomic E-state index is 5.80. The number of benzene rings is 1. The highest BCUT2D eigenvalue weighted by Gasteiger charge is 2.03. The second kappa shape index (κ2) is 5.47. The Morgan fingerprint density at radius 2 is 1.63 bits per heavy atom. The van der Waals surface area contributed by atoms with Gasteiger partial charge in [-0.2, -0.15) is 0 Å². The normalized spacial score (nSPS) is 10.4. The maximum absolute atomic E-state index is 5.80. The molecule has 0 radical (unpaired) electrons. The summed E-state index contributed by atoms with van der Waals surface area (Å²) < 4.78 is 11.5. The van der Waals surface area contributed by atoms with E-state index in [1.807, 2.05) is 53.9 Å². The summed E-state index contributed by atoms with van der Waals surface area (Å²) in [6, 6.07) is 15.6. The first-order chi connectivity index (χ1) is 9.29. The van der Waals surface area contributed by atoms with Gasteiger partial charge in [0, 0.05) is 10.9 Å². The molecule has 0 amide bonds. The molecular formula is C15H12O2S2. The fraction of sp³-hybridized carbons (Fsp3) is 0.0667. The lowest BCUT2D eigenvalue weighted by Gasteiger charge is -2.06. The van der Waals surface area contributed by atoms with Gasteiger partial charge in [-0.1, -0.05) is 6.07 Å². The van der Waals surface area contributed by atoms with E-state index in [0.717, 1.165) is 21.6 Å². The van der Waals surface area contributed by atoms with Crippen molar-refractivity contribution in [2.75, 3.05) is 0 Å². The lowest BCUT2D eigenvalue weighted by Crippen LogP contribution is -1.84. The molecule has 0 aliphatic rings. The SMILES string of the molecule is Cc1ccc(Oc2cccc(Oc3cccs3)c2)s1. The second-order valence-corrected chi connectivity index (χ2v) is 6.14. The number of aryl methyl sites for hydroxylation is 1. The molecule has 0 aliphatic heterocycles. The molecule has 0 unspecified atom stereocenters. The first-order valence-electron chi connectivity index (χ1n) is 5.85. The van der Waals surface area contributed by atoms with Crippen LogP contribution in [0.15, 0.2) is 53.9 Å². The first-order valence-corrected chi connectivity index (χ1v) is 7.55. The number of rotatable bonds is 4. The van der Waals surface area contributed by atoms with Crippen molar-refractivity contribution in [1.82, 2.24) is 0 Å². The molecule has 2 aromatic heterocycles. The molecule has 0 fully saturated rings. The highest BCUT2D eigenvalue weighted by atomic mass is 32.1. The smallest absolute Gasteiger partial charge is 0.181 e. The van der Waals surface area contributed by atoms with E-state index in [2.05, 4.69) is 6.92 Å². The number of hydrogen-bond acceptors (Lipinski definition) is 4. The van der Waals surface area contributed by atoms with Crippen LogP contribution in [0.4, 0.5) is 0 Å². The Bertz CT molecular complexity index is 656. The molecular weight excluding hydrogens is 276 g/mol. The van der Waals surface area contributed by atoms with Crippen LogP contribution in [0.3, 0.4) is 0 Å². The van der Waals surface area contributed by atoms with Gasteiger partial charge in [0.2, 0.25) is 0 Å². The average Bonchev–Trinajstić information content (AvgIpc) is 3.02. The van der Waals surface area contributed by atoms with Gasteiger partial charge < -0.3 is 9.47 Å². The summed E-state index contributed by atoms with van der Waals surface area (Å²) in [4.78, 5) is 1.24. The molecule has 96 valence electrons. The van der Waals surface area contributed by atoms with Gasteiger partial charge in [0.15, 0.2) is 10.1 Å². The summed E-state index contributed by atoms with van der Waals surface area (Å²) in [5.74, 6) is 1.57. The van der Waals surface area contributed by atoms with Gasteiger partial charge in [-0.15, -0.1) is 22.7 Å². The van der Waals surface area contributed by atoms with Gasteiger partial charge >= 0.3 is 0 Å².